The minimum Gasteiger partial charge on any atom is -0.495 e. The van der Waals surface area contributed by atoms with E-state index >= 15 is 0 Å². The van der Waals surface area contributed by atoms with Crippen molar-refractivity contribution in [1.29, 1.82) is 0 Å². The summed E-state index contributed by atoms with van der Waals surface area (Å²) in [6.07, 6.45) is 0.950. The largest absolute Gasteiger partial charge is 0.495 e. The van der Waals surface area contributed by atoms with Crippen LogP contribution in [0.1, 0.15) is 44.7 Å². The quantitative estimate of drug-likeness (QED) is 0.265. The zero-order valence-electron chi connectivity index (χ0n) is 24.4. The van der Waals surface area contributed by atoms with Gasteiger partial charge in [0.25, 0.3) is 10.0 Å². The molecule has 0 saturated heterocycles. The van der Waals surface area contributed by atoms with Crippen molar-refractivity contribution < 1.29 is 27.1 Å². The topological polar surface area (TPSA) is 96.0 Å². The number of hydrogen-bond acceptors (Lipinski definition) is 5. The normalized spacial score (nSPS) is 12.7. The van der Waals surface area contributed by atoms with Gasteiger partial charge in [0.05, 0.1) is 17.7 Å². The highest BCUT2D eigenvalue weighted by atomic mass is 35.5. The van der Waals surface area contributed by atoms with E-state index in [0.717, 1.165) is 9.87 Å². The van der Waals surface area contributed by atoms with Gasteiger partial charge in [0.2, 0.25) is 11.8 Å². The number of ether oxygens (including phenoxy) is 1. The molecule has 0 aliphatic rings. The van der Waals surface area contributed by atoms with E-state index in [1.54, 1.807) is 25.1 Å². The Labute approximate surface area is 252 Å². The highest BCUT2D eigenvalue weighted by Crippen LogP contribution is 2.35. The van der Waals surface area contributed by atoms with Gasteiger partial charge in [-0.3, -0.25) is 13.9 Å². The van der Waals surface area contributed by atoms with Gasteiger partial charge in [-0.15, -0.1) is 0 Å². The van der Waals surface area contributed by atoms with Crippen molar-refractivity contribution in [1.82, 2.24) is 10.2 Å². The first-order valence-electron chi connectivity index (χ1n) is 13.7. The van der Waals surface area contributed by atoms with Crippen molar-refractivity contribution in [3.63, 3.8) is 0 Å². The highest BCUT2D eigenvalue weighted by molar-refractivity contribution is 7.92. The van der Waals surface area contributed by atoms with Gasteiger partial charge in [-0.05, 0) is 74.7 Å². The third kappa shape index (κ3) is 8.01. The second kappa shape index (κ2) is 14.5. The van der Waals surface area contributed by atoms with Crippen LogP contribution in [0.5, 0.6) is 5.75 Å². The van der Waals surface area contributed by atoms with Crippen LogP contribution >= 0.6 is 11.6 Å². The molecular weight excluding hydrogens is 581 g/mol. The molecular formula is C31H37ClFN3O5S. The zero-order valence-corrected chi connectivity index (χ0v) is 26.0. The predicted octanol–water partition coefficient (Wildman–Crippen LogP) is 5.71. The zero-order chi connectivity index (χ0) is 31.0. The number of hydrogen-bond donors (Lipinski definition) is 1. The van der Waals surface area contributed by atoms with Crippen molar-refractivity contribution in [3.05, 3.63) is 88.7 Å². The molecule has 0 radical (unpaired) electrons. The molecule has 1 N–H and O–H groups in total. The molecule has 0 aliphatic heterocycles. The van der Waals surface area contributed by atoms with Crippen LogP contribution in [0.3, 0.4) is 0 Å². The Balaban J connectivity index is 2.12. The fraction of sp³-hybridized carbons (Fsp3) is 0.355. The Morgan fingerprint density at radius 1 is 1.00 bits per heavy atom. The molecule has 2 atom stereocenters. The number of benzene rings is 3. The smallest absolute Gasteiger partial charge is 0.264 e. The van der Waals surface area contributed by atoms with Crippen molar-refractivity contribution >= 4 is 39.1 Å². The fourth-order valence-corrected chi connectivity index (χ4v) is 5.94. The van der Waals surface area contributed by atoms with Crippen LogP contribution < -0.4 is 14.4 Å². The monoisotopic (exact) mass is 617 g/mol. The number of nitrogens with one attached hydrogen (secondary N) is 1. The second-order valence-electron chi connectivity index (χ2n) is 10.0. The Hall–Kier alpha value is -3.63. The number of sulfonamides is 1. The number of halogens is 2. The Bertz CT molecular complexity index is 1480. The van der Waals surface area contributed by atoms with E-state index in [4.69, 9.17) is 16.3 Å². The molecule has 2 amide bonds. The van der Waals surface area contributed by atoms with E-state index in [2.05, 4.69) is 5.32 Å². The average Bonchev–Trinajstić information content (AvgIpc) is 2.96. The summed E-state index contributed by atoms with van der Waals surface area (Å²) in [7, 11) is -2.92. The third-order valence-electron chi connectivity index (χ3n) is 6.95. The first-order valence-corrected chi connectivity index (χ1v) is 15.5. The van der Waals surface area contributed by atoms with E-state index in [1.165, 1.54) is 60.5 Å². The van der Waals surface area contributed by atoms with Crippen LogP contribution in [-0.4, -0.2) is 50.9 Å². The van der Waals surface area contributed by atoms with Crippen LogP contribution in [0.25, 0.3) is 0 Å². The summed E-state index contributed by atoms with van der Waals surface area (Å²) in [6.45, 7) is 6.70. The number of methoxy groups -OCH3 is 1. The molecule has 0 unspecified atom stereocenters. The first kappa shape index (κ1) is 32.9. The van der Waals surface area contributed by atoms with E-state index in [0.29, 0.717) is 12.0 Å². The minimum absolute atomic E-state index is 0.0328. The summed E-state index contributed by atoms with van der Waals surface area (Å²) in [5.41, 5.74) is 1.51. The van der Waals surface area contributed by atoms with Crippen LogP contribution in [0.15, 0.2) is 71.6 Å². The predicted molar refractivity (Wildman–Crippen MR) is 163 cm³/mol. The molecule has 0 saturated carbocycles. The molecule has 0 spiro atoms. The fourth-order valence-electron chi connectivity index (χ4n) is 4.36. The molecule has 3 rings (SSSR count). The molecule has 3 aromatic carbocycles. The van der Waals surface area contributed by atoms with Gasteiger partial charge in [0.15, 0.2) is 0 Å². The van der Waals surface area contributed by atoms with Crippen molar-refractivity contribution in [3.8, 4) is 5.75 Å². The average molecular weight is 618 g/mol. The van der Waals surface area contributed by atoms with Crippen molar-refractivity contribution in [2.75, 3.05) is 18.0 Å². The molecule has 8 nitrogen and oxygen atoms in total. The van der Waals surface area contributed by atoms with E-state index in [-0.39, 0.29) is 46.3 Å². The number of carbonyl (C=O) groups excluding carboxylic acids is 2. The summed E-state index contributed by atoms with van der Waals surface area (Å²) < 4.78 is 48.2. The highest BCUT2D eigenvalue weighted by Gasteiger charge is 2.35. The summed E-state index contributed by atoms with van der Waals surface area (Å²) >= 11 is 6.27. The lowest BCUT2D eigenvalue weighted by Crippen LogP contribution is -2.53. The molecule has 0 bridgehead atoms. The Kier molecular flexibility index (Phi) is 11.4. The molecule has 11 heteroatoms. The summed E-state index contributed by atoms with van der Waals surface area (Å²) in [6, 6.07) is 15.3. The minimum atomic E-state index is -4.31. The second-order valence-corrected chi connectivity index (χ2v) is 12.3. The first-order chi connectivity index (χ1) is 19.9. The standard InChI is InChI=1S/C31H37ClFN3O5S/c1-6-22(4)34-31(38)27(7-2)35(19-23-10-13-25(33)14-11-23)30(37)20-36(28-18-24(32)12-17-29(28)41-5)42(39,40)26-15-8-21(3)9-16-26/h8-18,22,27H,6-7,19-20H2,1-5H3,(H,34,38)/t22-,27-/m1/s1. The number of anilines is 1. The van der Waals surface area contributed by atoms with Gasteiger partial charge in [-0.25, -0.2) is 12.8 Å². The lowest BCUT2D eigenvalue weighted by atomic mass is 10.1. The van der Waals surface area contributed by atoms with Crippen molar-refractivity contribution in [2.24, 2.45) is 0 Å². The Morgan fingerprint density at radius 3 is 2.21 bits per heavy atom. The molecule has 0 aliphatic carbocycles. The van der Waals surface area contributed by atoms with E-state index in [9.17, 15) is 22.4 Å². The van der Waals surface area contributed by atoms with Gasteiger partial charge in [-0.1, -0.05) is 55.3 Å². The molecule has 226 valence electrons. The molecule has 0 fully saturated rings. The van der Waals surface area contributed by atoms with E-state index in [1.807, 2.05) is 20.8 Å². The number of rotatable bonds is 13. The Morgan fingerprint density at radius 2 is 1.64 bits per heavy atom. The van der Waals surface area contributed by atoms with Crippen LogP contribution in [-0.2, 0) is 26.2 Å². The van der Waals surface area contributed by atoms with Crippen molar-refractivity contribution in [2.45, 2.75) is 64.1 Å². The van der Waals surface area contributed by atoms with Gasteiger partial charge in [0.1, 0.15) is 24.2 Å². The summed E-state index contributed by atoms with van der Waals surface area (Å²) in [4.78, 5) is 28.8. The van der Waals surface area contributed by atoms with Gasteiger partial charge in [-0.2, -0.15) is 0 Å². The maximum absolute atomic E-state index is 14.2. The third-order valence-corrected chi connectivity index (χ3v) is 8.96. The maximum atomic E-state index is 14.2. The van der Waals surface area contributed by atoms with E-state index < -0.39 is 34.3 Å². The molecule has 0 aromatic heterocycles. The van der Waals surface area contributed by atoms with Crippen LogP contribution in [0, 0.1) is 12.7 Å². The van der Waals surface area contributed by atoms with Gasteiger partial charge in [0, 0.05) is 17.6 Å². The number of aryl methyl sites for hydroxylation is 1. The molecule has 0 heterocycles. The maximum Gasteiger partial charge on any atom is 0.264 e. The molecule has 3 aromatic rings. The van der Waals surface area contributed by atoms with Gasteiger partial charge >= 0.3 is 0 Å². The summed E-state index contributed by atoms with van der Waals surface area (Å²) in [5, 5.41) is 3.16. The lowest BCUT2D eigenvalue weighted by Gasteiger charge is -2.34. The number of nitrogens with zero attached hydrogens (tertiary/aromatic N) is 2. The molecule has 42 heavy (non-hydrogen) atoms. The van der Waals surface area contributed by atoms with Gasteiger partial charge < -0.3 is 15.0 Å². The van der Waals surface area contributed by atoms with Crippen LogP contribution in [0.2, 0.25) is 5.02 Å². The lowest BCUT2D eigenvalue weighted by molar-refractivity contribution is -0.140. The number of amides is 2. The number of carbonyl (C=O) groups is 2. The SMILES string of the molecule is CC[C@@H](C)NC(=O)[C@@H](CC)N(Cc1ccc(F)cc1)C(=O)CN(c1cc(Cl)ccc1OC)S(=O)(=O)c1ccc(C)cc1. The summed E-state index contributed by atoms with van der Waals surface area (Å²) in [5.74, 6) is -1.25. The van der Waals surface area contributed by atoms with Crippen LogP contribution in [0.4, 0.5) is 10.1 Å².